The lowest BCUT2D eigenvalue weighted by Gasteiger charge is -2.38. The lowest BCUT2D eigenvalue weighted by Crippen LogP contribution is -2.47. The van der Waals surface area contributed by atoms with Gasteiger partial charge in [-0.15, -0.1) is 11.3 Å². The highest BCUT2D eigenvalue weighted by Crippen LogP contribution is 2.34. The quantitative estimate of drug-likeness (QED) is 0.573. The summed E-state index contributed by atoms with van der Waals surface area (Å²) in [6.07, 6.45) is 3.61. The van der Waals surface area contributed by atoms with E-state index in [0.717, 1.165) is 49.4 Å². The summed E-state index contributed by atoms with van der Waals surface area (Å²) in [5, 5.41) is 7.21. The molecule has 0 bridgehead atoms. The molecule has 152 valence electrons. The van der Waals surface area contributed by atoms with Crippen molar-refractivity contribution in [2.45, 2.75) is 31.1 Å². The number of carbonyl (C=O) groups excluding carboxylic acids is 1. The number of para-hydroxylation sites is 1. The van der Waals surface area contributed by atoms with Gasteiger partial charge in [-0.05, 0) is 37.0 Å². The highest BCUT2D eigenvalue weighted by atomic mass is 32.1. The van der Waals surface area contributed by atoms with Crippen molar-refractivity contribution < 1.29 is 9.53 Å². The fourth-order valence-corrected chi connectivity index (χ4v) is 4.91. The van der Waals surface area contributed by atoms with Crippen LogP contribution in [0.15, 0.2) is 54.6 Å². The molecule has 2 N–H and O–H groups in total. The average molecular weight is 410 g/mol. The van der Waals surface area contributed by atoms with Gasteiger partial charge in [-0.2, -0.15) is 0 Å². The number of thiazole rings is 1. The fraction of sp³-hybridized carbons (Fsp3) is 0.391. The summed E-state index contributed by atoms with van der Waals surface area (Å²) in [6, 6.07) is 18.6. The Hall–Kier alpha value is -2.44. The van der Waals surface area contributed by atoms with Gasteiger partial charge in [0.25, 0.3) is 0 Å². The monoisotopic (exact) mass is 409 g/mol. The van der Waals surface area contributed by atoms with Crippen LogP contribution in [0.3, 0.4) is 0 Å². The first kappa shape index (κ1) is 19.9. The molecular formula is C23H27N3O2S. The van der Waals surface area contributed by atoms with Gasteiger partial charge < -0.3 is 15.4 Å². The predicted molar refractivity (Wildman–Crippen MR) is 118 cm³/mol. The lowest BCUT2D eigenvalue weighted by atomic mass is 9.74. The van der Waals surface area contributed by atoms with E-state index in [2.05, 4.69) is 45.9 Å². The number of amides is 2. The minimum Gasteiger partial charge on any atom is -0.381 e. The molecule has 29 heavy (non-hydrogen) atoms. The van der Waals surface area contributed by atoms with Crippen molar-refractivity contribution >= 4 is 27.6 Å². The van der Waals surface area contributed by atoms with E-state index >= 15 is 0 Å². The Morgan fingerprint density at radius 1 is 1.03 bits per heavy atom. The molecule has 4 rings (SSSR count). The number of urea groups is 1. The van der Waals surface area contributed by atoms with Crippen molar-refractivity contribution in [3.63, 3.8) is 0 Å². The Labute approximate surface area is 175 Å². The number of nitrogens with one attached hydrogen (secondary N) is 2. The number of hydrogen-bond acceptors (Lipinski definition) is 4. The molecule has 0 atom stereocenters. The fourth-order valence-electron chi connectivity index (χ4n) is 3.90. The molecule has 1 saturated heterocycles. The van der Waals surface area contributed by atoms with Gasteiger partial charge in [0.2, 0.25) is 0 Å². The van der Waals surface area contributed by atoms with Crippen molar-refractivity contribution in [3.8, 4) is 0 Å². The van der Waals surface area contributed by atoms with Crippen LogP contribution < -0.4 is 10.6 Å². The van der Waals surface area contributed by atoms with E-state index in [1.54, 1.807) is 11.3 Å². The number of nitrogens with zero attached hydrogens (tertiary/aromatic N) is 1. The number of benzene rings is 2. The molecule has 5 nitrogen and oxygen atoms in total. The molecule has 1 aliphatic rings. The second kappa shape index (κ2) is 9.37. The van der Waals surface area contributed by atoms with Crippen LogP contribution in [0.25, 0.3) is 10.2 Å². The maximum atomic E-state index is 12.3. The van der Waals surface area contributed by atoms with Crippen molar-refractivity contribution in [2.24, 2.45) is 0 Å². The van der Waals surface area contributed by atoms with E-state index < -0.39 is 0 Å². The maximum absolute atomic E-state index is 12.3. The van der Waals surface area contributed by atoms with E-state index in [1.165, 1.54) is 10.3 Å². The SMILES string of the molecule is O=C(NCCCc1nc2ccccc2s1)NCC1(c2ccccc2)CCOCC1. The van der Waals surface area contributed by atoms with E-state index in [0.29, 0.717) is 13.1 Å². The Balaban J connectivity index is 1.24. The molecule has 0 spiro atoms. The third kappa shape index (κ3) is 4.95. The van der Waals surface area contributed by atoms with E-state index in [-0.39, 0.29) is 11.4 Å². The number of carbonyl (C=O) groups is 1. The van der Waals surface area contributed by atoms with Crippen LogP contribution in [0.2, 0.25) is 0 Å². The zero-order valence-electron chi connectivity index (χ0n) is 16.5. The summed E-state index contributed by atoms with van der Waals surface area (Å²) in [4.78, 5) is 17.0. The number of aryl methyl sites for hydroxylation is 1. The first-order valence-corrected chi connectivity index (χ1v) is 11.1. The van der Waals surface area contributed by atoms with Crippen LogP contribution in [0.4, 0.5) is 4.79 Å². The maximum Gasteiger partial charge on any atom is 0.314 e. The van der Waals surface area contributed by atoms with Gasteiger partial charge in [0.05, 0.1) is 15.2 Å². The molecule has 6 heteroatoms. The second-order valence-electron chi connectivity index (χ2n) is 7.55. The first-order valence-electron chi connectivity index (χ1n) is 10.2. The highest BCUT2D eigenvalue weighted by Gasteiger charge is 2.34. The molecule has 2 amide bonds. The molecule has 0 unspecified atom stereocenters. The summed E-state index contributed by atoms with van der Waals surface area (Å²) >= 11 is 1.73. The van der Waals surface area contributed by atoms with Gasteiger partial charge in [0.1, 0.15) is 0 Å². The molecule has 2 aromatic carbocycles. The van der Waals surface area contributed by atoms with Gasteiger partial charge in [-0.25, -0.2) is 9.78 Å². The van der Waals surface area contributed by atoms with Gasteiger partial charge in [0.15, 0.2) is 0 Å². The summed E-state index contributed by atoms with van der Waals surface area (Å²) in [7, 11) is 0. The van der Waals surface area contributed by atoms with Crippen molar-refractivity contribution in [1.82, 2.24) is 15.6 Å². The summed E-state index contributed by atoms with van der Waals surface area (Å²) in [5.74, 6) is 0. The van der Waals surface area contributed by atoms with Crippen LogP contribution in [0, 0.1) is 0 Å². The minimum absolute atomic E-state index is 0.0438. The van der Waals surface area contributed by atoms with Gasteiger partial charge in [-0.1, -0.05) is 42.5 Å². The van der Waals surface area contributed by atoms with Crippen LogP contribution in [-0.2, 0) is 16.6 Å². The number of fused-ring (bicyclic) bond motifs is 1. The third-order valence-electron chi connectivity index (χ3n) is 5.61. The van der Waals surface area contributed by atoms with E-state index in [4.69, 9.17) is 4.74 Å². The molecule has 1 aromatic heterocycles. The topological polar surface area (TPSA) is 63.2 Å². The number of rotatable bonds is 7. The molecule has 3 aromatic rings. The van der Waals surface area contributed by atoms with Gasteiger partial charge >= 0.3 is 6.03 Å². The standard InChI is InChI=1S/C23H27N3O2S/c27-22(24-14-6-11-21-26-19-9-4-5-10-20(19)29-21)25-17-23(12-15-28-16-13-23)18-7-2-1-3-8-18/h1-5,7-10H,6,11-17H2,(H2,24,25,27). The van der Waals surface area contributed by atoms with Crippen molar-refractivity contribution in [3.05, 3.63) is 65.2 Å². The first-order chi connectivity index (χ1) is 14.3. The lowest BCUT2D eigenvalue weighted by molar-refractivity contribution is 0.0507. The van der Waals surface area contributed by atoms with Crippen LogP contribution in [0.5, 0.6) is 0 Å². The van der Waals surface area contributed by atoms with Gasteiger partial charge in [-0.3, -0.25) is 0 Å². The van der Waals surface area contributed by atoms with E-state index in [1.807, 2.05) is 24.3 Å². The Morgan fingerprint density at radius 2 is 1.79 bits per heavy atom. The summed E-state index contributed by atoms with van der Waals surface area (Å²) in [6.45, 7) is 2.74. The highest BCUT2D eigenvalue weighted by molar-refractivity contribution is 7.18. The second-order valence-corrected chi connectivity index (χ2v) is 8.66. The largest absolute Gasteiger partial charge is 0.381 e. The van der Waals surface area contributed by atoms with Crippen molar-refractivity contribution in [1.29, 1.82) is 0 Å². The minimum atomic E-state index is -0.101. The zero-order chi connectivity index (χ0) is 19.9. The van der Waals surface area contributed by atoms with Crippen LogP contribution in [0.1, 0.15) is 29.8 Å². The van der Waals surface area contributed by atoms with Crippen LogP contribution in [-0.4, -0.2) is 37.3 Å². The smallest absolute Gasteiger partial charge is 0.314 e. The Morgan fingerprint density at radius 3 is 2.59 bits per heavy atom. The predicted octanol–water partition coefficient (Wildman–Crippen LogP) is 4.28. The Bertz CT molecular complexity index is 902. The molecule has 1 fully saturated rings. The zero-order valence-corrected chi connectivity index (χ0v) is 17.3. The Kier molecular flexibility index (Phi) is 6.42. The third-order valence-corrected chi connectivity index (χ3v) is 6.71. The van der Waals surface area contributed by atoms with Crippen LogP contribution >= 0.6 is 11.3 Å². The molecule has 2 heterocycles. The van der Waals surface area contributed by atoms with Crippen molar-refractivity contribution in [2.75, 3.05) is 26.3 Å². The van der Waals surface area contributed by atoms with E-state index in [9.17, 15) is 4.79 Å². The molecule has 0 aliphatic carbocycles. The molecule has 1 aliphatic heterocycles. The summed E-state index contributed by atoms with van der Waals surface area (Å²) < 4.78 is 6.78. The molecule has 0 saturated carbocycles. The van der Waals surface area contributed by atoms with Gasteiger partial charge in [0, 0.05) is 38.1 Å². The average Bonchev–Trinajstić information content (AvgIpc) is 3.19. The molecular weight excluding hydrogens is 382 g/mol. The number of aromatic nitrogens is 1. The normalized spacial score (nSPS) is 15.9. The summed E-state index contributed by atoms with van der Waals surface area (Å²) in [5.41, 5.74) is 2.29. The number of hydrogen-bond donors (Lipinski definition) is 2. The number of ether oxygens (including phenoxy) is 1. The molecule has 0 radical (unpaired) electrons.